The lowest BCUT2D eigenvalue weighted by Crippen LogP contribution is -2.35. The minimum Gasteiger partial charge on any atom is -0.307 e. The van der Waals surface area contributed by atoms with Crippen LogP contribution in [-0.2, 0) is 6.54 Å². The largest absolute Gasteiger partial charge is 0.326 e. The Labute approximate surface area is 174 Å². The van der Waals surface area contributed by atoms with Gasteiger partial charge in [-0.25, -0.2) is 4.79 Å². The van der Waals surface area contributed by atoms with Crippen molar-refractivity contribution >= 4 is 17.4 Å². The van der Waals surface area contributed by atoms with Gasteiger partial charge in [0.25, 0.3) is 0 Å². The smallest absolute Gasteiger partial charge is 0.307 e. The normalized spacial score (nSPS) is 11.0. The van der Waals surface area contributed by atoms with Gasteiger partial charge in [-0.1, -0.05) is 94.4 Å². The molecule has 0 unspecified atom stereocenters. The van der Waals surface area contributed by atoms with E-state index in [1.54, 1.807) is 4.90 Å². The first kappa shape index (κ1) is 20.7. The molecule has 3 heteroatoms. The topological polar surface area (TPSA) is 32.3 Å². The number of hydrogen-bond donors (Lipinski definition) is 1. The minimum absolute atomic E-state index is 0.116. The quantitative estimate of drug-likeness (QED) is 0.478. The Morgan fingerprint density at radius 3 is 1.79 bits per heavy atom. The van der Waals surface area contributed by atoms with Crippen molar-refractivity contribution in [2.24, 2.45) is 0 Å². The molecule has 0 saturated carbocycles. The highest BCUT2D eigenvalue weighted by Gasteiger charge is 2.21. The number of hydrogen-bond acceptors (Lipinski definition) is 1. The van der Waals surface area contributed by atoms with Gasteiger partial charge in [0.05, 0.1) is 6.54 Å². The Hall–Kier alpha value is -3.07. The fourth-order valence-corrected chi connectivity index (χ4v) is 3.52. The van der Waals surface area contributed by atoms with Crippen LogP contribution in [0.15, 0.2) is 78.9 Å². The average Bonchev–Trinajstić information content (AvgIpc) is 2.73. The first-order valence-electron chi connectivity index (χ1n) is 10.3. The first-order chi connectivity index (χ1) is 14.0. The summed E-state index contributed by atoms with van der Waals surface area (Å²) < 4.78 is 0. The molecule has 0 radical (unpaired) electrons. The number of rotatable bonds is 6. The van der Waals surface area contributed by atoms with Gasteiger partial charge in [-0.05, 0) is 40.7 Å². The van der Waals surface area contributed by atoms with E-state index in [-0.39, 0.29) is 6.03 Å². The van der Waals surface area contributed by atoms with Crippen molar-refractivity contribution in [3.8, 4) is 0 Å². The van der Waals surface area contributed by atoms with Crippen LogP contribution in [0.5, 0.6) is 0 Å². The van der Waals surface area contributed by atoms with Gasteiger partial charge in [0.2, 0.25) is 0 Å². The third-order valence-electron chi connectivity index (χ3n) is 5.10. The fourth-order valence-electron chi connectivity index (χ4n) is 3.52. The molecule has 0 spiro atoms. The molecular weight excluding hydrogens is 356 g/mol. The second-order valence-electron chi connectivity index (χ2n) is 7.96. The molecule has 0 heterocycles. The van der Waals surface area contributed by atoms with Gasteiger partial charge in [-0.3, -0.25) is 4.90 Å². The van der Waals surface area contributed by atoms with E-state index in [4.69, 9.17) is 0 Å². The van der Waals surface area contributed by atoms with Crippen LogP contribution in [0.1, 0.15) is 56.2 Å². The van der Waals surface area contributed by atoms with Crippen LogP contribution in [0, 0.1) is 0 Å². The van der Waals surface area contributed by atoms with Crippen molar-refractivity contribution in [2.75, 3.05) is 10.2 Å². The lowest BCUT2D eigenvalue weighted by molar-refractivity contribution is 0.256. The summed E-state index contributed by atoms with van der Waals surface area (Å²) in [6, 6.07) is 26.1. The lowest BCUT2D eigenvalue weighted by atomic mass is 9.93. The van der Waals surface area contributed by atoms with Crippen molar-refractivity contribution < 1.29 is 4.79 Å². The van der Waals surface area contributed by atoms with Crippen LogP contribution in [-0.4, -0.2) is 6.03 Å². The van der Waals surface area contributed by atoms with E-state index in [1.807, 2.05) is 60.7 Å². The highest BCUT2D eigenvalue weighted by atomic mass is 16.2. The number of benzene rings is 3. The molecule has 3 rings (SSSR count). The highest BCUT2D eigenvalue weighted by molar-refractivity contribution is 6.02. The zero-order valence-electron chi connectivity index (χ0n) is 17.7. The zero-order valence-corrected chi connectivity index (χ0v) is 17.7. The molecule has 0 aliphatic rings. The third kappa shape index (κ3) is 5.05. The predicted molar refractivity (Wildman–Crippen MR) is 123 cm³/mol. The molecule has 0 atom stereocenters. The molecular formula is C26H30N2O. The zero-order chi connectivity index (χ0) is 20.8. The lowest BCUT2D eigenvalue weighted by Gasteiger charge is -2.26. The molecule has 0 bridgehead atoms. The Morgan fingerprint density at radius 2 is 1.28 bits per heavy atom. The van der Waals surface area contributed by atoms with E-state index in [2.05, 4.69) is 51.2 Å². The molecule has 0 aliphatic heterocycles. The molecule has 0 fully saturated rings. The second-order valence-corrected chi connectivity index (χ2v) is 7.96. The number of urea groups is 1. The molecule has 3 nitrogen and oxygen atoms in total. The Morgan fingerprint density at radius 1 is 0.759 bits per heavy atom. The van der Waals surface area contributed by atoms with Crippen LogP contribution in [0.25, 0.3) is 0 Å². The molecule has 0 saturated heterocycles. The van der Waals surface area contributed by atoms with Crippen LogP contribution >= 0.6 is 0 Å². The summed E-state index contributed by atoms with van der Waals surface area (Å²) in [5.41, 5.74) is 5.24. The third-order valence-corrected chi connectivity index (χ3v) is 5.10. The Kier molecular flexibility index (Phi) is 6.71. The number of amides is 2. The van der Waals surface area contributed by atoms with Gasteiger partial charge in [-0.2, -0.15) is 0 Å². The summed E-state index contributed by atoms with van der Waals surface area (Å²) >= 11 is 0. The standard InChI is InChI=1S/C26H30N2O/c1-19(2)23-16-11-17-24(20(3)4)25(23)27-26(29)28(22-14-9-6-10-15-22)18-21-12-7-5-8-13-21/h5-17,19-20H,18H2,1-4H3,(H,27,29). The van der Waals surface area contributed by atoms with Gasteiger partial charge in [0, 0.05) is 11.4 Å². The van der Waals surface area contributed by atoms with E-state index >= 15 is 0 Å². The molecule has 150 valence electrons. The van der Waals surface area contributed by atoms with E-state index in [9.17, 15) is 4.79 Å². The Bertz CT molecular complexity index is 907. The summed E-state index contributed by atoms with van der Waals surface area (Å²) in [5, 5.41) is 3.25. The number of nitrogens with one attached hydrogen (secondary N) is 1. The van der Waals surface area contributed by atoms with Gasteiger partial charge >= 0.3 is 6.03 Å². The number of nitrogens with zero attached hydrogens (tertiary/aromatic N) is 1. The average molecular weight is 387 g/mol. The monoisotopic (exact) mass is 386 g/mol. The summed E-state index contributed by atoms with van der Waals surface area (Å²) in [6.07, 6.45) is 0. The molecule has 3 aromatic rings. The Balaban J connectivity index is 1.97. The maximum Gasteiger partial charge on any atom is 0.326 e. The van der Waals surface area contributed by atoms with E-state index in [0.29, 0.717) is 18.4 Å². The van der Waals surface area contributed by atoms with Crippen LogP contribution in [0.3, 0.4) is 0 Å². The van der Waals surface area contributed by atoms with Gasteiger partial charge in [-0.15, -0.1) is 0 Å². The number of anilines is 2. The van der Waals surface area contributed by atoms with Gasteiger partial charge in [0.1, 0.15) is 0 Å². The molecule has 2 amide bonds. The fraction of sp³-hybridized carbons (Fsp3) is 0.269. The summed E-state index contributed by atoms with van der Waals surface area (Å²) in [7, 11) is 0. The highest BCUT2D eigenvalue weighted by Crippen LogP contribution is 2.33. The maximum absolute atomic E-state index is 13.5. The van der Waals surface area contributed by atoms with E-state index in [0.717, 1.165) is 28.1 Å². The number of para-hydroxylation sites is 2. The SMILES string of the molecule is CC(C)c1cccc(C(C)C)c1NC(=O)N(Cc1ccccc1)c1ccccc1. The molecule has 29 heavy (non-hydrogen) atoms. The maximum atomic E-state index is 13.5. The summed E-state index contributed by atoms with van der Waals surface area (Å²) in [6.45, 7) is 9.15. The molecule has 0 aliphatic carbocycles. The van der Waals surface area contributed by atoms with Crippen LogP contribution in [0.2, 0.25) is 0 Å². The van der Waals surface area contributed by atoms with E-state index in [1.165, 1.54) is 0 Å². The second kappa shape index (κ2) is 9.42. The van der Waals surface area contributed by atoms with Crippen molar-refractivity contribution in [3.63, 3.8) is 0 Å². The van der Waals surface area contributed by atoms with Gasteiger partial charge in [0.15, 0.2) is 0 Å². The van der Waals surface area contributed by atoms with Gasteiger partial charge < -0.3 is 5.32 Å². The molecule has 1 N–H and O–H groups in total. The van der Waals surface area contributed by atoms with Crippen molar-refractivity contribution in [1.82, 2.24) is 0 Å². The van der Waals surface area contributed by atoms with Crippen molar-refractivity contribution in [2.45, 2.75) is 46.1 Å². The summed E-state index contributed by atoms with van der Waals surface area (Å²) in [5.74, 6) is 0.645. The van der Waals surface area contributed by atoms with Crippen molar-refractivity contribution in [1.29, 1.82) is 0 Å². The molecule has 3 aromatic carbocycles. The predicted octanol–water partition coefficient (Wildman–Crippen LogP) is 7.17. The van der Waals surface area contributed by atoms with Crippen molar-refractivity contribution in [3.05, 3.63) is 95.6 Å². The summed E-state index contributed by atoms with van der Waals surface area (Å²) in [4.78, 5) is 15.3. The van der Waals surface area contributed by atoms with E-state index < -0.39 is 0 Å². The first-order valence-corrected chi connectivity index (χ1v) is 10.3. The molecule has 0 aromatic heterocycles. The number of carbonyl (C=O) groups is 1. The number of carbonyl (C=O) groups excluding carboxylic acids is 1. The van der Waals surface area contributed by atoms with Crippen LogP contribution in [0.4, 0.5) is 16.2 Å². The minimum atomic E-state index is -0.116. The van der Waals surface area contributed by atoms with Crippen LogP contribution < -0.4 is 10.2 Å².